The fourth-order valence-electron chi connectivity index (χ4n) is 5.13. The molecule has 2 aliphatic carbocycles. The molecule has 0 spiro atoms. The first kappa shape index (κ1) is 25.5. The minimum Gasteiger partial charge on any atom is -0.340 e. The van der Waals surface area contributed by atoms with Gasteiger partial charge in [-0.25, -0.2) is 0 Å². The van der Waals surface area contributed by atoms with E-state index in [1.165, 1.54) is 5.57 Å². The van der Waals surface area contributed by atoms with E-state index in [1.807, 2.05) is 18.2 Å². The van der Waals surface area contributed by atoms with Crippen LogP contribution in [0.15, 0.2) is 133 Å². The summed E-state index contributed by atoms with van der Waals surface area (Å²) in [5.41, 5.74) is 13.3. The highest BCUT2D eigenvalue weighted by atomic mass is 15.0. The molecular weight excluding hydrogens is 464 g/mol. The molecule has 4 heteroatoms. The highest BCUT2D eigenvalue weighted by Gasteiger charge is 2.25. The number of nitrogens with one attached hydrogen (secondary N) is 1. The summed E-state index contributed by atoms with van der Waals surface area (Å²) in [5.74, 6) is 1.21. The number of rotatable bonds is 9. The second kappa shape index (κ2) is 11.9. The standard InChI is InChI=1S/C34H36N4/c1-3-5-13-28-23-38(24-30(28)31(35)12-4-2)29-20-18-26(19-21-29)33-22-32(25-14-8-6-9-15-25)36-34(37-33)27-16-10-7-11-17-27/h3-5,7-8,10-11,13-18,20-24,26,31,33H,1-2,6,9,12,19,35H2,(H,36,37)/b13-5-. The Bertz CT molecular complexity index is 1390. The topological polar surface area (TPSA) is 55.3 Å². The van der Waals surface area contributed by atoms with Crippen molar-refractivity contribution in [3.63, 3.8) is 0 Å². The summed E-state index contributed by atoms with van der Waals surface area (Å²) in [7, 11) is 0. The minimum atomic E-state index is -0.0914. The van der Waals surface area contributed by atoms with E-state index in [-0.39, 0.29) is 18.0 Å². The number of allylic oxidation sites excluding steroid dienone is 8. The molecule has 192 valence electrons. The van der Waals surface area contributed by atoms with E-state index in [2.05, 4.69) is 108 Å². The molecule has 2 aromatic rings. The Balaban J connectivity index is 1.41. The molecule has 5 rings (SSSR count). The fraction of sp³-hybridized carbons (Fsp3) is 0.206. The average Bonchev–Trinajstić information content (AvgIpc) is 3.41. The highest BCUT2D eigenvalue weighted by molar-refractivity contribution is 6.01. The van der Waals surface area contributed by atoms with E-state index in [1.54, 1.807) is 6.08 Å². The number of aliphatic imine (C=N–C) groups is 1. The Morgan fingerprint density at radius 1 is 1.11 bits per heavy atom. The lowest BCUT2D eigenvalue weighted by molar-refractivity contribution is 0.570. The average molecular weight is 501 g/mol. The number of hydrogen-bond donors (Lipinski definition) is 2. The molecule has 1 aromatic carbocycles. The predicted molar refractivity (Wildman–Crippen MR) is 161 cm³/mol. The van der Waals surface area contributed by atoms with Crippen molar-refractivity contribution in [3.8, 4) is 0 Å². The van der Waals surface area contributed by atoms with E-state index in [4.69, 9.17) is 10.7 Å². The van der Waals surface area contributed by atoms with Crippen molar-refractivity contribution < 1.29 is 0 Å². The molecule has 2 heterocycles. The van der Waals surface area contributed by atoms with Crippen LogP contribution in [0.5, 0.6) is 0 Å². The SMILES string of the molecule is C=C/C=C\c1cn(C2=CCC(C3C=C(C4=CCCC=C4)NC(c4ccccc4)=N3)C=C2)cc1C(N)CC=C. The van der Waals surface area contributed by atoms with E-state index in [0.717, 1.165) is 59.6 Å². The van der Waals surface area contributed by atoms with Gasteiger partial charge in [0.1, 0.15) is 5.84 Å². The number of hydrogen-bond acceptors (Lipinski definition) is 3. The van der Waals surface area contributed by atoms with E-state index >= 15 is 0 Å². The Kier molecular flexibility index (Phi) is 8.01. The van der Waals surface area contributed by atoms with Gasteiger partial charge in [-0.2, -0.15) is 0 Å². The van der Waals surface area contributed by atoms with Gasteiger partial charge < -0.3 is 15.6 Å². The maximum absolute atomic E-state index is 6.46. The molecule has 3 atom stereocenters. The molecular formula is C34H36N4. The lowest BCUT2D eigenvalue weighted by Gasteiger charge is -2.28. The zero-order valence-corrected chi connectivity index (χ0v) is 21.8. The first-order valence-corrected chi connectivity index (χ1v) is 13.4. The zero-order valence-electron chi connectivity index (χ0n) is 21.8. The summed E-state index contributed by atoms with van der Waals surface area (Å²) in [6.07, 6.45) is 31.7. The van der Waals surface area contributed by atoms with Crippen LogP contribution in [-0.4, -0.2) is 16.4 Å². The van der Waals surface area contributed by atoms with Crippen molar-refractivity contribution in [3.05, 3.63) is 145 Å². The first-order chi connectivity index (χ1) is 18.7. The molecule has 1 aromatic heterocycles. The van der Waals surface area contributed by atoms with Crippen LogP contribution in [0.2, 0.25) is 0 Å². The van der Waals surface area contributed by atoms with Gasteiger partial charge in [-0.15, -0.1) is 6.58 Å². The molecule has 3 aliphatic rings. The van der Waals surface area contributed by atoms with Gasteiger partial charge in [0.2, 0.25) is 0 Å². The number of nitrogens with two attached hydrogens (primary N) is 1. The predicted octanol–water partition coefficient (Wildman–Crippen LogP) is 7.26. The largest absolute Gasteiger partial charge is 0.340 e. The molecule has 0 radical (unpaired) electrons. The van der Waals surface area contributed by atoms with Crippen molar-refractivity contribution in [1.82, 2.24) is 9.88 Å². The van der Waals surface area contributed by atoms with Gasteiger partial charge >= 0.3 is 0 Å². The Hall–Kier alpha value is -4.15. The van der Waals surface area contributed by atoms with E-state index < -0.39 is 0 Å². The summed E-state index contributed by atoms with van der Waals surface area (Å²) >= 11 is 0. The molecule has 3 N–H and O–H groups in total. The highest BCUT2D eigenvalue weighted by Crippen LogP contribution is 2.31. The molecule has 1 aliphatic heterocycles. The van der Waals surface area contributed by atoms with E-state index in [0.29, 0.717) is 0 Å². The molecule has 3 unspecified atom stereocenters. The van der Waals surface area contributed by atoms with Gasteiger partial charge in [-0.05, 0) is 54.5 Å². The minimum absolute atomic E-state index is 0.0547. The summed E-state index contributed by atoms with van der Waals surface area (Å²) < 4.78 is 2.17. The lowest BCUT2D eigenvalue weighted by atomic mass is 9.89. The summed E-state index contributed by atoms with van der Waals surface area (Å²) in [6.45, 7) is 7.66. The van der Waals surface area contributed by atoms with Crippen molar-refractivity contribution in [1.29, 1.82) is 0 Å². The maximum atomic E-state index is 6.46. The van der Waals surface area contributed by atoms with Crippen LogP contribution >= 0.6 is 0 Å². The van der Waals surface area contributed by atoms with Crippen molar-refractivity contribution >= 4 is 17.6 Å². The molecule has 0 bridgehead atoms. The Labute approximate surface area is 226 Å². The monoisotopic (exact) mass is 500 g/mol. The van der Waals surface area contributed by atoms with Gasteiger partial charge in [0, 0.05) is 41.3 Å². The summed E-state index contributed by atoms with van der Waals surface area (Å²) in [6, 6.07) is 10.4. The quantitative estimate of drug-likeness (QED) is 0.281. The van der Waals surface area contributed by atoms with Crippen molar-refractivity contribution in [2.45, 2.75) is 37.8 Å². The third-order valence-electron chi connectivity index (χ3n) is 7.19. The number of amidine groups is 1. The normalized spacial score (nSPS) is 21.7. The van der Waals surface area contributed by atoms with Crippen LogP contribution in [0.4, 0.5) is 0 Å². The first-order valence-electron chi connectivity index (χ1n) is 13.4. The molecule has 0 amide bonds. The molecule has 38 heavy (non-hydrogen) atoms. The van der Waals surface area contributed by atoms with Crippen molar-refractivity contribution in [2.24, 2.45) is 16.6 Å². The van der Waals surface area contributed by atoms with E-state index in [9.17, 15) is 0 Å². The van der Waals surface area contributed by atoms with Crippen LogP contribution in [0.1, 0.15) is 48.4 Å². The Morgan fingerprint density at radius 3 is 2.68 bits per heavy atom. The second-order valence-corrected chi connectivity index (χ2v) is 9.87. The molecule has 0 saturated heterocycles. The third-order valence-corrected chi connectivity index (χ3v) is 7.19. The van der Waals surface area contributed by atoms with Crippen LogP contribution in [0.3, 0.4) is 0 Å². The molecule has 0 fully saturated rings. The molecule has 0 saturated carbocycles. The van der Waals surface area contributed by atoms with Crippen molar-refractivity contribution in [2.75, 3.05) is 0 Å². The van der Waals surface area contributed by atoms with Gasteiger partial charge in [0.05, 0.1) is 6.04 Å². The molecule has 4 nitrogen and oxygen atoms in total. The van der Waals surface area contributed by atoms with Crippen LogP contribution < -0.4 is 11.1 Å². The van der Waals surface area contributed by atoms with Gasteiger partial charge in [-0.1, -0.05) is 91.6 Å². The Morgan fingerprint density at radius 2 is 1.97 bits per heavy atom. The number of benzene rings is 1. The summed E-state index contributed by atoms with van der Waals surface area (Å²) in [5, 5.41) is 3.61. The fourth-order valence-corrected chi connectivity index (χ4v) is 5.13. The van der Waals surface area contributed by atoms with Gasteiger partial charge in [0.15, 0.2) is 0 Å². The van der Waals surface area contributed by atoms with Gasteiger partial charge in [0.25, 0.3) is 0 Å². The van der Waals surface area contributed by atoms with Gasteiger partial charge in [-0.3, -0.25) is 4.99 Å². The maximum Gasteiger partial charge on any atom is 0.133 e. The summed E-state index contributed by atoms with van der Waals surface area (Å²) in [4.78, 5) is 5.16. The zero-order chi connectivity index (χ0) is 26.3. The van der Waals surface area contributed by atoms with Crippen LogP contribution in [0, 0.1) is 5.92 Å². The van der Waals surface area contributed by atoms with Crippen LogP contribution in [-0.2, 0) is 0 Å². The number of nitrogens with zero attached hydrogens (tertiary/aromatic N) is 2. The third kappa shape index (κ3) is 5.71. The lowest BCUT2D eigenvalue weighted by Crippen LogP contribution is -2.33. The smallest absolute Gasteiger partial charge is 0.133 e. The second-order valence-electron chi connectivity index (χ2n) is 9.87. The van der Waals surface area contributed by atoms with Crippen LogP contribution in [0.25, 0.3) is 11.8 Å². The number of aromatic nitrogens is 1.